The third kappa shape index (κ3) is 3.93. The summed E-state index contributed by atoms with van der Waals surface area (Å²) in [5.41, 5.74) is 3.43. The summed E-state index contributed by atoms with van der Waals surface area (Å²) in [6.07, 6.45) is 2.14. The molecule has 1 unspecified atom stereocenters. The van der Waals surface area contributed by atoms with Gasteiger partial charge < -0.3 is 19.5 Å². The summed E-state index contributed by atoms with van der Waals surface area (Å²) in [5, 5.41) is 4.13. The van der Waals surface area contributed by atoms with Crippen molar-refractivity contribution < 1.29 is 4.74 Å². The topological polar surface area (TPSA) is 29.4 Å². The molecule has 0 saturated carbocycles. The maximum Gasteiger partial charge on any atom is 0.174 e. The van der Waals surface area contributed by atoms with Crippen molar-refractivity contribution in [3.05, 3.63) is 82.6 Å². The van der Waals surface area contributed by atoms with Crippen molar-refractivity contribution in [3.8, 4) is 5.75 Å². The minimum absolute atomic E-state index is 0.0647. The Labute approximate surface area is 179 Å². The summed E-state index contributed by atoms with van der Waals surface area (Å²) in [5.74, 6) is 0.888. The minimum Gasteiger partial charge on any atom is -0.494 e. The van der Waals surface area contributed by atoms with Crippen LogP contribution in [0.1, 0.15) is 24.2 Å². The monoisotopic (exact) mass is 455 g/mol. The highest BCUT2D eigenvalue weighted by atomic mass is 79.9. The van der Waals surface area contributed by atoms with E-state index in [4.69, 9.17) is 17.0 Å². The molecule has 144 valence electrons. The smallest absolute Gasteiger partial charge is 0.174 e. The number of ether oxygens (including phenoxy) is 1. The van der Waals surface area contributed by atoms with Crippen molar-refractivity contribution in [2.45, 2.75) is 19.5 Å². The number of halogens is 1. The average Bonchev–Trinajstić information content (AvgIpc) is 3.19. The maximum atomic E-state index is 5.81. The van der Waals surface area contributed by atoms with E-state index in [1.165, 1.54) is 11.3 Å². The van der Waals surface area contributed by atoms with Crippen molar-refractivity contribution in [1.29, 1.82) is 0 Å². The van der Waals surface area contributed by atoms with Crippen molar-refractivity contribution in [3.63, 3.8) is 0 Å². The van der Waals surface area contributed by atoms with Crippen LogP contribution in [-0.2, 0) is 6.54 Å². The molecule has 0 spiro atoms. The Bertz CT molecular complexity index is 953. The van der Waals surface area contributed by atoms with Crippen LogP contribution in [0.25, 0.3) is 0 Å². The molecular weight excluding hydrogens is 434 g/mol. The van der Waals surface area contributed by atoms with E-state index in [9.17, 15) is 0 Å². The molecule has 4 rings (SSSR count). The number of hydrogen-bond acceptors (Lipinski definition) is 2. The Balaban J connectivity index is 1.63. The minimum atomic E-state index is 0.0647. The molecule has 1 aliphatic rings. The standard InChI is InChI=1S/C22H22BrN3OS/c1-2-27-19-11-5-16(6-12-19)21-20-4-3-13-25(20)14-15-26(21)22(28)24-18-9-7-17(23)8-10-18/h3-13,21H,2,14-15H2,1H3,(H,24,28). The van der Waals surface area contributed by atoms with Crippen molar-refractivity contribution in [1.82, 2.24) is 9.47 Å². The molecule has 0 fully saturated rings. The van der Waals surface area contributed by atoms with Crippen LogP contribution in [0.2, 0.25) is 0 Å². The van der Waals surface area contributed by atoms with E-state index in [1.807, 2.05) is 43.3 Å². The van der Waals surface area contributed by atoms with Crippen LogP contribution in [0.4, 0.5) is 5.69 Å². The first-order chi connectivity index (χ1) is 13.7. The second-order valence-electron chi connectivity index (χ2n) is 6.66. The third-order valence-electron chi connectivity index (χ3n) is 4.90. The number of fused-ring (bicyclic) bond motifs is 1. The molecule has 0 bridgehead atoms. The summed E-state index contributed by atoms with van der Waals surface area (Å²) in [6, 6.07) is 20.7. The molecule has 28 heavy (non-hydrogen) atoms. The number of rotatable bonds is 4. The first kappa shape index (κ1) is 19.0. The highest BCUT2D eigenvalue weighted by molar-refractivity contribution is 9.10. The van der Waals surface area contributed by atoms with Gasteiger partial charge in [0.1, 0.15) is 5.75 Å². The molecule has 1 N–H and O–H groups in total. The molecule has 2 aromatic carbocycles. The van der Waals surface area contributed by atoms with Gasteiger partial charge in [-0.1, -0.05) is 28.1 Å². The predicted molar refractivity (Wildman–Crippen MR) is 121 cm³/mol. The number of hydrogen-bond donors (Lipinski definition) is 1. The molecule has 4 nitrogen and oxygen atoms in total. The molecule has 1 aliphatic heterocycles. The fraction of sp³-hybridized carbons (Fsp3) is 0.227. The molecule has 0 aliphatic carbocycles. The second-order valence-corrected chi connectivity index (χ2v) is 7.96. The van der Waals surface area contributed by atoms with E-state index in [0.717, 1.165) is 34.1 Å². The normalized spacial score (nSPS) is 15.8. The summed E-state index contributed by atoms with van der Waals surface area (Å²) >= 11 is 9.28. The van der Waals surface area contributed by atoms with Gasteiger partial charge in [-0.25, -0.2) is 0 Å². The first-order valence-electron chi connectivity index (χ1n) is 9.36. The lowest BCUT2D eigenvalue weighted by molar-refractivity contribution is 0.293. The van der Waals surface area contributed by atoms with Gasteiger partial charge >= 0.3 is 0 Å². The molecule has 1 atom stereocenters. The summed E-state index contributed by atoms with van der Waals surface area (Å²) < 4.78 is 8.96. The van der Waals surface area contributed by atoms with Gasteiger partial charge in [0.05, 0.1) is 12.6 Å². The SMILES string of the molecule is CCOc1ccc(C2c3cccn3CCN2C(=S)Nc2ccc(Br)cc2)cc1. The lowest BCUT2D eigenvalue weighted by atomic mass is 10.00. The fourth-order valence-corrected chi connectivity index (χ4v) is 4.17. The van der Waals surface area contributed by atoms with Gasteiger partial charge in [0.25, 0.3) is 0 Å². The van der Waals surface area contributed by atoms with E-state index in [-0.39, 0.29) is 6.04 Å². The lowest BCUT2D eigenvalue weighted by Gasteiger charge is -2.39. The number of benzene rings is 2. The van der Waals surface area contributed by atoms with Crippen LogP contribution in [0, 0.1) is 0 Å². The van der Waals surface area contributed by atoms with Crippen molar-refractivity contribution >= 4 is 38.9 Å². The summed E-state index contributed by atoms with van der Waals surface area (Å²) in [7, 11) is 0. The predicted octanol–water partition coefficient (Wildman–Crippen LogP) is 5.45. The molecule has 2 heterocycles. The molecular formula is C22H22BrN3OS. The quantitative estimate of drug-likeness (QED) is 0.529. The van der Waals surface area contributed by atoms with E-state index in [0.29, 0.717) is 6.61 Å². The van der Waals surface area contributed by atoms with E-state index < -0.39 is 0 Å². The Morgan fingerprint density at radius 2 is 1.86 bits per heavy atom. The fourth-order valence-electron chi connectivity index (χ4n) is 3.59. The maximum absolute atomic E-state index is 5.81. The molecule has 0 radical (unpaired) electrons. The van der Waals surface area contributed by atoms with E-state index in [2.05, 4.69) is 61.2 Å². The number of nitrogens with zero attached hydrogens (tertiary/aromatic N) is 2. The first-order valence-corrected chi connectivity index (χ1v) is 10.6. The highest BCUT2D eigenvalue weighted by Gasteiger charge is 2.30. The molecule has 1 aromatic heterocycles. The molecule has 6 heteroatoms. The zero-order chi connectivity index (χ0) is 19.5. The molecule has 0 amide bonds. The van der Waals surface area contributed by atoms with E-state index >= 15 is 0 Å². The van der Waals surface area contributed by atoms with Gasteiger partial charge in [-0.15, -0.1) is 0 Å². The number of thiocarbonyl (C=S) groups is 1. The Morgan fingerprint density at radius 3 is 2.57 bits per heavy atom. The lowest BCUT2D eigenvalue weighted by Crippen LogP contribution is -2.44. The van der Waals surface area contributed by atoms with Crippen LogP contribution < -0.4 is 10.1 Å². The highest BCUT2D eigenvalue weighted by Crippen LogP contribution is 2.34. The third-order valence-corrected chi connectivity index (χ3v) is 5.77. The largest absolute Gasteiger partial charge is 0.494 e. The van der Waals surface area contributed by atoms with Crippen LogP contribution in [-0.4, -0.2) is 27.7 Å². The van der Waals surface area contributed by atoms with Crippen molar-refractivity contribution in [2.75, 3.05) is 18.5 Å². The van der Waals surface area contributed by atoms with Crippen molar-refractivity contribution in [2.24, 2.45) is 0 Å². The van der Waals surface area contributed by atoms with Gasteiger partial charge in [0.2, 0.25) is 0 Å². The van der Waals surface area contributed by atoms with E-state index in [1.54, 1.807) is 0 Å². The van der Waals surface area contributed by atoms with Crippen LogP contribution in [0.3, 0.4) is 0 Å². The van der Waals surface area contributed by atoms with Gasteiger partial charge in [-0.3, -0.25) is 0 Å². The zero-order valence-electron chi connectivity index (χ0n) is 15.6. The Kier molecular flexibility index (Phi) is 5.69. The average molecular weight is 456 g/mol. The van der Waals surface area contributed by atoms with Gasteiger partial charge in [0, 0.05) is 35.1 Å². The summed E-state index contributed by atoms with van der Waals surface area (Å²) in [4.78, 5) is 2.27. The molecule has 3 aromatic rings. The van der Waals surface area contributed by atoms with Gasteiger partial charge in [-0.2, -0.15) is 0 Å². The second kappa shape index (κ2) is 8.37. The van der Waals surface area contributed by atoms with Gasteiger partial charge in [0.15, 0.2) is 5.11 Å². The number of anilines is 1. The van der Waals surface area contributed by atoms with Crippen LogP contribution >= 0.6 is 28.1 Å². The number of aromatic nitrogens is 1. The Morgan fingerprint density at radius 1 is 1.11 bits per heavy atom. The van der Waals surface area contributed by atoms with Crippen LogP contribution in [0.15, 0.2) is 71.3 Å². The summed E-state index contributed by atoms with van der Waals surface area (Å²) in [6.45, 7) is 4.43. The van der Waals surface area contributed by atoms with Gasteiger partial charge in [-0.05, 0) is 73.2 Å². The number of nitrogens with one attached hydrogen (secondary N) is 1. The zero-order valence-corrected chi connectivity index (χ0v) is 18.0. The molecule has 0 saturated heterocycles. The Hall–Kier alpha value is -2.31. The van der Waals surface area contributed by atoms with Crippen LogP contribution in [0.5, 0.6) is 5.75 Å².